The standard InChI is InChI=1S/C13H15ClF3NO3/c1-7(19)10-4-9(14)3-8(12(10)21)5-18(2)6-11(20)13(15,16)17/h3-4,11,20-21H,5-6H2,1-2H3. The van der Waals surface area contributed by atoms with Gasteiger partial charge in [0.1, 0.15) is 5.75 Å². The van der Waals surface area contributed by atoms with Crippen LogP contribution in [0.25, 0.3) is 0 Å². The summed E-state index contributed by atoms with van der Waals surface area (Å²) in [5.41, 5.74) is 0.215. The van der Waals surface area contributed by atoms with Gasteiger partial charge >= 0.3 is 6.18 Å². The van der Waals surface area contributed by atoms with E-state index in [1.54, 1.807) is 0 Å². The lowest BCUT2D eigenvalue weighted by atomic mass is 10.1. The predicted molar refractivity (Wildman–Crippen MR) is 71.5 cm³/mol. The first-order valence-corrected chi connectivity index (χ1v) is 6.35. The zero-order valence-corrected chi connectivity index (χ0v) is 12.2. The fourth-order valence-corrected chi connectivity index (χ4v) is 2.04. The zero-order chi connectivity index (χ0) is 16.4. The summed E-state index contributed by atoms with van der Waals surface area (Å²) in [5, 5.41) is 19.1. The monoisotopic (exact) mass is 325 g/mol. The van der Waals surface area contributed by atoms with Crippen LogP contribution in [0.2, 0.25) is 5.02 Å². The molecule has 0 aliphatic carbocycles. The van der Waals surface area contributed by atoms with Crippen LogP contribution in [-0.2, 0) is 6.54 Å². The Morgan fingerprint density at radius 2 is 2.00 bits per heavy atom. The van der Waals surface area contributed by atoms with Gasteiger partial charge in [-0.15, -0.1) is 0 Å². The fourth-order valence-electron chi connectivity index (χ4n) is 1.80. The lowest BCUT2D eigenvalue weighted by Crippen LogP contribution is -2.39. The average molecular weight is 326 g/mol. The molecular formula is C13H15ClF3NO3. The number of nitrogens with zero attached hydrogens (tertiary/aromatic N) is 1. The molecule has 0 radical (unpaired) electrons. The second-order valence-electron chi connectivity index (χ2n) is 4.77. The highest BCUT2D eigenvalue weighted by Gasteiger charge is 2.38. The molecule has 1 rings (SSSR count). The van der Waals surface area contributed by atoms with Crippen molar-refractivity contribution in [2.75, 3.05) is 13.6 Å². The van der Waals surface area contributed by atoms with Gasteiger partial charge in [-0.1, -0.05) is 11.6 Å². The Morgan fingerprint density at radius 3 is 2.48 bits per heavy atom. The number of hydrogen-bond donors (Lipinski definition) is 2. The normalized spacial score (nSPS) is 13.5. The molecular weight excluding hydrogens is 311 g/mol. The van der Waals surface area contributed by atoms with Gasteiger partial charge in [-0.2, -0.15) is 13.2 Å². The molecule has 4 nitrogen and oxygen atoms in total. The molecule has 0 bridgehead atoms. The van der Waals surface area contributed by atoms with Gasteiger partial charge in [-0.3, -0.25) is 9.69 Å². The molecule has 1 unspecified atom stereocenters. The number of likely N-dealkylation sites (N-methyl/N-ethyl adjacent to an activating group) is 1. The molecule has 1 aromatic rings. The molecule has 1 atom stereocenters. The number of phenolic OH excluding ortho intramolecular Hbond substituents is 1. The molecule has 21 heavy (non-hydrogen) atoms. The first-order valence-electron chi connectivity index (χ1n) is 5.98. The smallest absolute Gasteiger partial charge is 0.415 e. The summed E-state index contributed by atoms with van der Waals surface area (Å²) >= 11 is 5.82. The van der Waals surface area contributed by atoms with E-state index in [0.29, 0.717) is 0 Å². The van der Waals surface area contributed by atoms with Crippen LogP contribution in [0, 0.1) is 0 Å². The van der Waals surface area contributed by atoms with Crippen molar-refractivity contribution in [3.63, 3.8) is 0 Å². The van der Waals surface area contributed by atoms with Gasteiger partial charge in [-0.25, -0.2) is 0 Å². The summed E-state index contributed by atoms with van der Waals surface area (Å²) in [6.45, 7) is 0.483. The second-order valence-corrected chi connectivity index (χ2v) is 5.21. The first-order chi connectivity index (χ1) is 9.52. The number of halogens is 4. The summed E-state index contributed by atoms with van der Waals surface area (Å²) in [5.74, 6) is -0.727. The summed E-state index contributed by atoms with van der Waals surface area (Å²) in [4.78, 5) is 12.5. The lowest BCUT2D eigenvalue weighted by molar-refractivity contribution is -0.207. The highest BCUT2D eigenvalue weighted by Crippen LogP contribution is 2.29. The Hall–Kier alpha value is -1.31. The van der Waals surface area contributed by atoms with Crippen LogP contribution in [0.15, 0.2) is 12.1 Å². The maximum atomic E-state index is 12.3. The van der Waals surface area contributed by atoms with Crippen LogP contribution in [-0.4, -0.2) is 46.8 Å². The van der Waals surface area contributed by atoms with Crippen LogP contribution in [0.5, 0.6) is 5.75 Å². The van der Waals surface area contributed by atoms with Gasteiger partial charge in [0.15, 0.2) is 11.9 Å². The van der Waals surface area contributed by atoms with E-state index in [1.807, 2.05) is 0 Å². The van der Waals surface area contributed by atoms with E-state index in [0.717, 1.165) is 0 Å². The number of carbonyl (C=O) groups is 1. The number of phenols is 1. The summed E-state index contributed by atoms with van der Waals surface area (Å²) in [7, 11) is 1.35. The Bertz CT molecular complexity index is 534. The third kappa shape index (κ3) is 4.87. The van der Waals surface area contributed by atoms with Crippen LogP contribution in [0.3, 0.4) is 0 Å². The minimum absolute atomic E-state index is 0.00210. The van der Waals surface area contributed by atoms with Crippen molar-refractivity contribution in [3.05, 3.63) is 28.3 Å². The number of carbonyl (C=O) groups excluding carboxylic acids is 1. The highest BCUT2D eigenvalue weighted by atomic mass is 35.5. The largest absolute Gasteiger partial charge is 0.507 e. The van der Waals surface area contributed by atoms with Crippen molar-refractivity contribution in [2.45, 2.75) is 25.7 Å². The van der Waals surface area contributed by atoms with Crippen molar-refractivity contribution in [1.29, 1.82) is 0 Å². The molecule has 0 fully saturated rings. The van der Waals surface area contributed by atoms with Crippen LogP contribution in [0.1, 0.15) is 22.8 Å². The Morgan fingerprint density at radius 1 is 1.43 bits per heavy atom. The molecule has 0 spiro atoms. The van der Waals surface area contributed by atoms with E-state index in [1.165, 1.54) is 31.0 Å². The lowest BCUT2D eigenvalue weighted by Gasteiger charge is -2.23. The van der Waals surface area contributed by atoms with Gasteiger partial charge in [0.25, 0.3) is 0 Å². The van der Waals surface area contributed by atoms with E-state index in [2.05, 4.69) is 0 Å². The number of benzene rings is 1. The van der Waals surface area contributed by atoms with Crippen molar-refractivity contribution in [1.82, 2.24) is 4.90 Å². The molecule has 1 aromatic carbocycles. The molecule has 0 saturated heterocycles. The summed E-state index contributed by atoms with van der Waals surface area (Å²) in [6, 6.07) is 2.65. The molecule has 8 heteroatoms. The molecule has 0 aliphatic heterocycles. The Labute approximate surface area is 124 Å². The Kier molecular flexibility index (Phi) is 5.61. The second kappa shape index (κ2) is 6.64. The number of Topliss-reactive ketones (excluding diaryl/α,β-unsaturated/α-hetero) is 1. The number of aromatic hydroxyl groups is 1. The third-order valence-electron chi connectivity index (χ3n) is 2.84. The molecule has 0 amide bonds. The summed E-state index contributed by atoms with van der Waals surface area (Å²) < 4.78 is 36.8. The van der Waals surface area contributed by atoms with Gasteiger partial charge in [0, 0.05) is 23.7 Å². The SMILES string of the molecule is CC(=O)c1cc(Cl)cc(CN(C)CC(O)C(F)(F)F)c1O. The molecule has 0 aliphatic rings. The van der Waals surface area contributed by atoms with E-state index in [4.69, 9.17) is 16.7 Å². The average Bonchev–Trinajstić information content (AvgIpc) is 2.31. The molecule has 0 saturated carbocycles. The predicted octanol–water partition coefficient (Wildman–Crippen LogP) is 2.60. The maximum Gasteiger partial charge on any atom is 0.415 e. The van der Waals surface area contributed by atoms with Crippen LogP contribution in [0.4, 0.5) is 13.2 Å². The fraction of sp³-hybridized carbons (Fsp3) is 0.462. The number of aliphatic hydroxyl groups excluding tert-OH is 1. The zero-order valence-electron chi connectivity index (χ0n) is 11.4. The van der Waals surface area contributed by atoms with Gasteiger partial charge < -0.3 is 10.2 Å². The number of rotatable bonds is 5. The van der Waals surface area contributed by atoms with Crippen molar-refractivity contribution in [3.8, 4) is 5.75 Å². The van der Waals surface area contributed by atoms with E-state index in [-0.39, 0.29) is 28.4 Å². The van der Waals surface area contributed by atoms with Gasteiger partial charge in [-0.05, 0) is 26.1 Å². The molecule has 118 valence electrons. The number of ketones is 1. The van der Waals surface area contributed by atoms with E-state index >= 15 is 0 Å². The topological polar surface area (TPSA) is 60.8 Å². The van der Waals surface area contributed by atoms with E-state index in [9.17, 15) is 23.1 Å². The minimum Gasteiger partial charge on any atom is -0.507 e. The quantitative estimate of drug-likeness (QED) is 0.817. The Balaban J connectivity index is 2.91. The maximum absolute atomic E-state index is 12.3. The number of alkyl halides is 3. The van der Waals surface area contributed by atoms with E-state index < -0.39 is 24.6 Å². The van der Waals surface area contributed by atoms with Crippen LogP contribution >= 0.6 is 11.6 Å². The third-order valence-corrected chi connectivity index (χ3v) is 3.05. The van der Waals surface area contributed by atoms with Crippen molar-refractivity contribution < 1.29 is 28.2 Å². The number of aliphatic hydroxyl groups is 1. The van der Waals surface area contributed by atoms with Gasteiger partial charge in [0.05, 0.1) is 5.56 Å². The molecule has 0 heterocycles. The highest BCUT2D eigenvalue weighted by molar-refractivity contribution is 6.31. The van der Waals surface area contributed by atoms with Crippen molar-refractivity contribution in [2.24, 2.45) is 0 Å². The molecule has 2 N–H and O–H groups in total. The van der Waals surface area contributed by atoms with Crippen molar-refractivity contribution >= 4 is 17.4 Å². The molecule has 0 aromatic heterocycles. The summed E-state index contributed by atoms with van der Waals surface area (Å²) in [6.07, 6.45) is -7.20. The van der Waals surface area contributed by atoms with Gasteiger partial charge in [0.2, 0.25) is 0 Å². The minimum atomic E-state index is -4.71. The number of hydrogen-bond acceptors (Lipinski definition) is 4. The first kappa shape index (κ1) is 17.7. The van der Waals surface area contributed by atoms with Crippen LogP contribution < -0.4 is 0 Å².